The molecule has 1 saturated carbocycles. The van der Waals surface area contributed by atoms with E-state index < -0.39 is 0 Å². The van der Waals surface area contributed by atoms with Crippen molar-refractivity contribution < 1.29 is 4.79 Å². The van der Waals surface area contributed by atoms with Crippen LogP contribution in [0.1, 0.15) is 35.2 Å². The second kappa shape index (κ2) is 5.49. The van der Waals surface area contributed by atoms with Crippen molar-refractivity contribution in [3.8, 4) is 11.3 Å². The number of fused-ring (bicyclic) bond motifs is 1. The number of hydrogen-bond donors (Lipinski definition) is 1. The van der Waals surface area contributed by atoms with Crippen LogP contribution in [0.5, 0.6) is 0 Å². The number of aromatic nitrogens is 2. The lowest BCUT2D eigenvalue weighted by Crippen LogP contribution is -2.41. The Morgan fingerprint density at radius 1 is 1.35 bits per heavy atom. The number of aryl methyl sites for hydroxylation is 1. The van der Waals surface area contributed by atoms with Crippen LogP contribution < -0.4 is 5.73 Å². The molecule has 2 N–H and O–H groups in total. The third-order valence-electron chi connectivity index (χ3n) is 5.07. The van der Waals surface area contributed by atoms with E-state index in [-0.39, 0.29) is 11.9 Å². The molecule has 1 amide bonds. The highest BCUT2D eigenvalue weighted by atomic mass is 16.2. The smallest absolute Gasteiger partial charge is 0.254 e. The van der Waals surface area contributed by atoms with Gasteiger partial charge in [0.2, 0.25) is 0 Å². The van der Waals surface area contributed by atoms with Crippen molar-refractivity contribution in [1.82, 2.24) is 14.7 Å². The zero-order valence-corrected chi connectivity index (χ0v) is 13.4. The monoisotopic (exact) mass is 310 g/mol. The number of amides is 1. The summed E-state index contributed by atoms with van der Waals surface area (Å²) in [6.07, 6.45) is 5.41. The number of hydrogen-bond acceptors (Lipinski definition) is 3. The van der Waals surface area contributed by atoms with Crippen LogP contribution >= 0.6 is 0 Å². The topological polar surface area (TPSA) is 64.2 Å². The standard InChI is InChI=1S/C18H22N4O/c1-21-17(6-7-20-21)13-4-5-16-14(9-13)11-22(18(16)23)15(10-19)8-12-2-3-12/h4-7,9,12,15H,2-3,8,10-11,19H2,1H3/t15-/m0/s1. The average molecular weight is 310 g/mol. The van der Waals surface area contributed by atoms with Crippen molar-refractivity contribution in [3.63, 3.8) is 0 Å². The van der Waals surface area contributed by atoms with E-state index in [1.807, 2.05) is 34.8 Å². The lowest BCUT2D eigenvalue weighted by molar-refractivity contribution is 0.0695. The Morgan fingerprint density at radius 3 is 2.83 bits per heavy atom. The molecule has 1 aliphatic carbocycles. The fourth-order valence-corrected chi connectivity index (χ4v) is 3.54. The van der Waals surface area contributed by atoms with Gasteiger partial charge in [-0.25, -0.2) is 0 Å². The van der Waals surface area contributed by atoms with Crippen LogP contribution in [0.25, 0.3) is 11.3 Å². The summed E-state index contributed by atoms with van der Waals surface area (Å²) in [5.41, 5.74) is 10.0. The van der Waals surface area contributed by atoms with Gasteiger partial charge in [0.1, 0.15) is 0 Å². The summed E-state index contributed by atoms with van der Waals surface area (Å²) in [6, 6.07) is 8.24. The van der Waals surface area contributed by atoms with E-state index in [0.717, 1.165) is 34.7 Å². The quantitative estimate of drug-likeness (QED) is 0.920. The van der Waals surface area contributed by atoms with Crippen LogP contribution in [0.4, 0.5) is 0 Å². The van der Waals surface area contributed by atoms with Gasteiger partial charge in [-0.1, -0.05) is 18.9 Å². The summed E-state index contributed by atoms with van der Waals surface area (Å²) in [7, 11) is 1.93. The molecule has 23 heavy (non-hydrogen) atoms. The van der Waals surface area contributed by atoms with Gasteiger partial charge in [-0.3, -0.25) is 9.48 Å². The molecular formula is C18H22N4O. The average Bonchev–Trinajstić information content (AvgIpc) is 3.19. The van der Waals surface area contributed by atoms with E-state index in [1.165, 1.54) is 12.8 Å². The molecule has 1 aromatic carbocycles. The van der Waals surface area contributed by atoms with E-state index >= 15 is 0 Å². The minimum Gasteiger partial charge on any atom is -0.330 e. The molecule has 5 heteroatoms. The normalized spacial score (nSPS) is 18.3. The van der Waals surface area contributed by atoms with Gasteiger partial charge in [0, 0.05) is 43.5 Å². The molecule has 2 heterocycles. The molecule has 1 aromatic heterocycles. The second-order valence-corrected chi connectivity index (χ2v) is 6.71. The van der Waals surface area contributed by atoms with Crippen LogP contribution in [0.3, 0.4) is 0 Å². The van der Waals surface area contributed by atoms with Gasteiger partial charge < -0.3 is 10.6 Å². The van der Waals surface area contributed by atoms with Gasteiger partial charge in [-0.2, -0.15) is 5.10 Å². The molecule has 120 valence electrons. The van der Waals surface area contributed by atoms with Gasteiger partial charge in [-0.05, 0) is 36.1 Å². The van der Waals surface area contributed by atoms with Gasteiger partial charge in [0.15, 0.2) is 0 Å². The van der Waals surface area contributed by atoms with Crippen molar-refractivity contribution in [2.75, 3.05) is 6.54 Å². The van der Waals surface area contributed by atoms with Gasteiger partial charge in [0.05, 0.1) is 5.69 Å². The molecule has 1 fully saturated rings. The maximum atomic E-state index is 12.7. The molecular weight excluding hydrogens is 288 g/mol. The highest BCUT2D eigenvalue weighted by Crippen LogP contribution is 2.37. The summed E-state index contributed by atoms with van der Waals surface area (Å²) in [5, 5.41) is 4.22. The van der Waals surface area contributed by atoms with Crippen LogP contribution in [0, 0.1) is 5.92 Å². The summed E-state index contributed by atoms with van der Waals surface area (Å²) in [4.78, 5) is 14.7. The molecule has 2 aromatic rings. The van der Waals surface area contributed by atoms with Crippen LogP contribution in [-0.2, 0) is 13.6 Å². The fraction of sp³-hybridized carbons (Fsp3) is 0.444. The third-order valence-corrected chi connectivity index (χ3v) is 5.07. The highest BCUT2D eigenvalue weighted by molar-refractivity contribution is 5.99. The largest absolute Gasteiger partial charge is 0.330 e. The first-order chi connectivity index (χ1) is 11.2. The Hall–Kier alpha value is -2.14. The molecule has 0 unspecified atom stereocenters. The lowest BCUT2D eigenvalue weighted by atomic mass is 10.0. The second-order valence-electron chi connectivity index (χ2n) is 6.71. The first kappa shape index (κ1) is 14.5. The van der Waals surface area contributed by atoms with Crippen molar-refractivity contribution in [2.45, 2.75) is 31.8 Å². The molecule has 2 aliphatic rings. The number of nitrogens with two attached hydrogens (primary N) is 1. The Labute approximate surface area is 136 Å². The SMILES string of the molecule is Cn1nccc1-c1ccc2c(c1)CN([C@H](CN)CC1CC1)C2=O. The van der Waals surface area contributed by atoms with Crippen LogP contribution in [0.2, 0.25) is 0 Å². The minimum absolute atomic E-state index is 0.132. The molecule has 0 saturated heterocycles. The maximum absolute atomic E-state index is 12.7. The molecule has 0 bridgehead atoms. The van der Waals surface area contributed by atoms with Crippen molar-refractivity contribution in [2.24, 2.45) is 18.7 Å². The zero-order valence-electron chi connectivity index (χ0n) is 13.4. The first-order valence-corrected chi connectivity index (χ1v) is 8.29. The first-order valence-electron chi connectivity index (χ1n) is 8.29. The number of carbonyl (C=O) groups excluding carboxylic acids is 1. The predicted molar refractivity (Wildman–Crippen MR) is 88.7 cm³/mol. The minimum atomic E-state index is 0.132. The Balaban J connectivity index is 1.61. The Morgan fingerprint density at radius 2 is 2.17 bits per heavy atom. The van der Waals surface area contributed by atoms with E-state index in [0.29, 0.717) is 13.1 Å². The number of rotatable bonds is 5. The number of nitrogens with zero attached hydrogens (tertiary/aromatic N) is 3. The van der Waals surface area contributed by atoms with Crippen molar-refractivity contribution >= 4 is 5.91 Å². The molecule has 4 rings (SSSR count). The van der Waals surface area contributed by atoms with E-state index in [4.69, 9.17) is 5.73 Å². The van der Waals surface area contributed by atoms with E-state index in [1.54, 1.807) is 6.20 Å². The summed E-state index contributed by atoms with van der Waals surface area (Å²) in [6.45, 7) is 1.22. The van der Waals surface area contributed by atoms with Crippen molar-refractivity contribution in [3.05, 3.63) is 41.6 Å². The Bertz CT molecular complexity index is 747. The van der Waals surface area contributed by atoms with Gasteiger partial charge >= 0.3 is 0 Å². The van der Waals surface area contributed by atoms with Gasteiger partial charge in [0.25, 0.3) is 5.91 Å². The third kappa shape index (κ3) is 2.55. The van der Waals surface area contributed by atoms with Gasteiger partial charge in [-0.15, -0.1) is 0 Å². The van der Waals surface area contributed by atoms with Crippen LogP contribution in [-0.4, -0.2) is 33.2 Å². The maximum Gasteiger partial charge on any atom is 0.254 e. The van der Waals surface area contributed by atoms with Crippen molar-refractivity contribution in [1.29, 1.82) is 0 Å². The summed E-state index contributed by atoms with van der Waals surface area (Å²) < 4.78 is 1.85. The molecule has 1 atom stereocenters. The van der Waals surface area contributed by atoms with E-state index in [9.17, 15) is 4.79 Å². The lowest BCUT2D eigenvalue weighted by Gasteiger charge is -2.26. The molecule has 5 nitrogen and oxygen atoms in total. The predicted octanol–water partition coefficient (Wildman–Crippen LogP) is 2.17. The molecule has 0 spiro atoms. The summed E-state index contributed by atoms with van der Waals surface area (Å²) >= 11 is 0. The Kier molecular flexibility index (Phi) is 3.45. The fourth-order valence-electron chi connectivity index (χ4n) is 3.54. The molecule has 1 aliphatic heterocycles. The number of benzene rings is 1. The van der Waals surface area contributed by atoms with Crippen LogP contribution in [0.15, 0.2) is 30.5 Å². The highest BCUT2D eigenvalue weighted by Gasteiger charge is 2.35. The van der Waals surface area contributed by atoms with E-state index in [2.05, 4.69) is 11.2 Å². The zero-order chi connectivity index (χ0) is 16.0. The summed E-state index contributed by atoms with van der Waals surface area (Å²) in [5.74, 6) is 0.901. The molecule has 0 radical (unpaired) electrons. The number of carbonyl (C=O) groups is 1.